The van der Waals surface area contributed by atoms with Crippen molar-refractivity contribution in [3.8, 4) is 0 Å². The molecule has 0 saturated heterocycles. The first kappa shape index (κ1) is 18.3. The second kappa shape index (κ2) is 8.72. The van der Waals surface area contributed by atoms with Crippen LogP contribution in [0.3, 0.4) is 0 Å². The van der Waals surface area contributed by atoms with Gasteiger partial charge in [0.25, 0.3) is 0 Å². The van der Waals surface area contributed by atoms with Crippen molar-refractivity contribution in [1.29, 1.82) is 0 Å². The molecule has 0 aliphatic heterocycles. The highest BCUT2D eigenvalue weighted by Crippen LogP contribution is 2.28. The van der Waals surface area contributed by atoms with Crippen molar-refractivity contribution in [2.24, 2.45) is 0 Å². The van der Waals surface area contributed by atoms with Gasteiger partial charge in [-0.3, -0.25) is 4.79 Å². The zero-order valence-electron chi connectivity index (χ0n) is 15.4. The predicted octanol–water partition coefficient (Wildman–Crippen LogP) is 5.70. The Kier molecular flexibility index (Phi) is 5.69. The summed E-state index contributed by atoms with van der Waals surface area (Å²) in [4.78, 5) is 15.7. The van der Waals surface area contributed by atoms with Crippen molar-refractivity contribution >= 4 is 17.2 Å². The maximum absolute atomic E-state index is 13.8. The minimum Gasteiger partial charge on any atom is -0.467 e. The number of benzene rings is 2. The third-order valence-corrected chi connectivity index (χ3v) is 5.44. The van der Waals surface area contributed by atoms with Gasteiger partial charge in [0.05, 0.1) is 18.7 Å². The van der Waals surface area contributed by atoms with Crippen LogP contribution in [-0.4, -0.2) is 10.8 Å². The van der Waals surface area contributed by atoms with Gasteiger partial charge in [-0.15, -0.1) is 0 Å². The summed E-state index contributed by atoms with van der Waals surface area (Å²) < 4.78 is 5.53. The van der Waals surface area contributed by atoms with Gasteiger partial charge in [-0.25, -0.2) is 0 Å². The van der Waals surface area contributed by atoms with Crippen LogP contribution in [0.15, 0.2) is 100 Å². The van der Waals surface area contributed by atoms with E-state index < -0.39 is 0 Å². The fraction of sp³-hybridized carbons (Fsp3) is 0.125. The van der Waals surface area contributed by atoms with E-state index in [4.69, 9.17) is 4.42 Å². The lowest BCUT2D eigenvalue weighted by molar-refractivity contribution is -0.133. The number of carbonyl (C=O) groups excluding carboxylic acids is 1. The van der Waals surface area contributed by atoms with Crippen LogP contribution in [0.25, 0.3) is 0 Å². The number of amides is 1. The monoisotopic (exact) mass is 387 g/mol. The van der Waals surface area contributed by atoms with Crippen molar-refractivity contribution in [3.05, 3.63) is 118 Å². The molecular weight excluding hydrogens is 366 g/mol. The van der Waals surface area contributed by atoms with Crippen LogP contribution in [0.4, 0.5) is 0 Å². The fourth-order valence-electron chi connectivity index (χ4n) is 3.36. The molecule has 4 rings (SSSR count). The van der Waals surface area contributed by atoms with Gasteiger partial charge in [0.1, 0.15) is 5.76 Å². The fourth-order valence-corrected chi connectivity index (χ4v) is 4.02. The number of furan rings is 1. The first-order valence-electron chi connectivity index (χ1n) is 9.23. The number of nitrogens with zero attached hydrogens (tertiary/aromatic N) is 1. The van der Waals surface area contributed by atoms with Gasteiger partial charge in [0.15, 0.2) is 0 Å². The quantitative estimate of drug-likeness (QED) is 0.407. The van der Waals surface area contributed by atoms with E-state index in [1.54, 1.807) is 17.6 Å². The summed E-state index contributed by atoms with van der Waals surface area (Å²) in [5, 5.41) is 4.12. The van der Waals surface area contributed by atoms with Gasteiger partial charge >= 0.3 is 0 Å². The molecule has 0 spiro atoms. The van der Waals surface area contributed by atoms with Gasteiger partial charge in [-0.05, 0) is 45.6 Å². The normalized spacial score (nSPS) is 10.9. The number of carbonyl (C=O) groups is 1. The molecule has 0 fully saturated rings. The smallest absolute Gasteiger partial charge is 0.235 e. The molecule has 0 aliphatic rings. The maximum Gasteiger partial charge on any atom is 0.235 e. The van der Waals surface area contributed by atoms with Crippen LogP contribution in [0.1, 0.15) is 28.4 Å². The Morgan fingerprint density at radius 2 is 1.54 bits per heavy atom. The zero-order valence-corrected chi connectivity index (χ0v) is 16.2. The average Bonchev–Trinajstić information content (AvgIpc) is 3.44. The summed E-state index contributed by atoms with van der Waals surface area (Å²) >= 11 is 1.64. The number of rotatable bonds is 7. The van der Waals surface area contributed by atoms with E-state index in [2.05, 4.69) is 11.4 Å². The van der Waals surface area contributed by atoms with Crippen molar-refractivity contribution in [3.63, 3.8) is 0 Å². The first-order chi connectivity index (χ1) is 13.8. The molecule has 0 unspecified atom stereocenters. The molecule has 0 radical (unpaired) electrons. The van der Waals surface area contributed by atoms with Gasteiger partial charge in [0, 0.05) is 6.54 Å². The van der Waals surface area contributed by atoms with Crippen molar-refractivity contribution in [1.82, 2.24) is 4.90 Å². The molecule has 2 aromatic heterocycles. The highest BCUT2D eigenvalue weighted by molar-refractivity contribution is 7.07. The van der Waals surface area contributed by atoms with Crippen LogP contribution in [0.5, 0.6) is 0 Å². The van der Waals surface area contributed by atoms with E-state index in [1.165, 1.54) is 0 Å². The lowest BCUT2D eigenvalue weighted by Gasteiger charge is -2.27. The Hall–Kier alpha value is -3.11. The summed E-state index contributed by atoms with van der Waals surface area (Å²) in [6, 6.07) is 25.8. The zero-order chi connectivity index (χ0) is 19.2. The Morgan fingerprint density at radius 3 is 2.07 bits per heavy atom. The second-order valence-corrected chi connectivity index (χ2v) is 7.44. The largest absolute Gasteiger partial charge is 0.467 e. The first-order valence-corrected chi connectivity index (χ1v) is 10.2. The third kappa shape index (κ3) is 4.24. The Morgan fingerprint density at radius 1 is 0.857 bits per heavy atom. The number of thiophene rings is 1. The predicted molar refractivity (Wildman–Crippen MR) is 112 cm³/mol. The molecule has 0 aliphatic carbocycles. The number of hydrogen-bond acceptors (Lipinski definition) is 3. The molecule has 2 aromatic carbocycles. The van der Waals surface area contributed by atoms with Crippen molar-refractivity contribution in [2.75, 3.05) is 0 Å². The van der Waals surface area contributed by atoms with E-state index in [9.17, 15) is 4.79 Å². The minimum absolute atomic E-state index is 0.0694. The molecule has 4 heteroatoms. The summed E-state index contributed by atoms with van der Waals surface area (Å²) in [7, 11) is 0. The Labute approximate surface area is 168 Å². The maximum atomic E-state index is 13.8. The van der Waals surface area contributed by atoms with E-state index in [1.807, 2.05) is 83.1 Å². The Bertz CT molecular complexity index is 904. The van der Waals surface area contributed by atoms with E-state index in [0.29, 0.717) is 13.1 Å². The highest BCUT2D eigenvalue weighted by atomic mass is 32.1. The van der Waals surface area contributed by atoms with Crippen LogP contribution in [0, 0.1) is 0 Å². The topological polar surface area (TPSA) is 33.5 Å². The minimum atomic E-state index is -0.351. The standard InChI is InChI=1S/C24H21NO2S/c26-24(23(20-8-3-1-4-9-20)21-10-5-2-6-11-21)25(16-19-13-15-28-18-19)17-22-12-7-14-27-22/h1-15,18,23H,16-17H2. The third-order valence-electron chi connectivity index (χ3n) is 4.70. The second-order valence-electron chi connectivity index (χ2n) is 6.66. The molecule has 1 amide bonds. The summed E-state index contributed by atoms with van der Waals surface area (Å²) in [6.07, 6.45) is 1.65. The van der Waals surface area contributed by atoms with Crippen molar-refractivity contribution < 1.29 is 9.21 Å². The van der Waals surface area contributed by atoms with Gasteiger partial charge in [-0.1, -0.05) is 60.7 Å². The summed E-state index contributed by atoms with van der Waals surface area (Å²) in [6.45, 7) is 0.997. The lowest BCUT2D eigenvalue weighted by atomic mass is 9.90. The molecular formula is C24H21NO2S. The van der Waals surface area contributed by atoms with Crippen LogP contribution in [0.2, 0.25) is 0 Å². The van der Waals surface area contributed by atoms with E-state index >= 15 is 0 Å². The molecule has 4 aromatic rings. The molecule has 2 heterocycles. The molecule has 28 heavy (non-hydrogen) atoms. The highest BCUT2D eigenvalue weighted by Gasteiger charge is 2.28. The van der Waals surface area contributed by atoms with Gasteiger partial charge < -0.3 is 9.32 Å². The molecule has 3 nitrogen and oxygen atoms in total. The van der Waals surface area contributed by atoms with E-state index in [0.717, 1.165) is 22.5 Å². The molecule has 0 bridgehead atoms. The van der Waals surface area contributed by atoms with E-state index in [-0.39, 0.29) is 11.8 Å². The van der Waals surface area contributed by atoms with Gasteiger partial charge in [0.2, 0.25) is 5.91 Å². The van der Waals surface area contributed by atoms with Crippen LogP contribution >= 0.6 is 11.3 Å². The molecule has 140 valence electrons. The SMILES string of the molecule is O=C(C(c1ccccc1)c1ccccc1)N(Cc1ccsc1)Cc1ccco1. The van der Waals surface area contributed by atoms with Gasteiger partial charge in [-0.2, -0.15) is 11.3 Å². The summed E-state index contributed by atoms with van der Waals surface area (Å²) in [5.74, 6) is 0.499. The number of hydrogen-bond donors (Lipinski definition) is 0. The summed E-state index contributed by atoms with van der Waals surface area (Å²) in [5.41, 5.74) is 3.12. The average molecular weight is 388 g/mol. The Balaban J connectivity index is 1.70. The molecule has 0 atom stereocenters. The molecule has 0 saturated carbocycles. The van der Waals surface area contributed by atoms with Crippen LogP contribution in [-0.2, 0) is 17.9 Å². The van der Waals surface area contributed by atoms with Crippen LogP contribution < -0.4 is 0 Å². The molecule has 0 N–H and O–H groups in total. The lowest BCUT2D eigenvalue weighted by Crippen LogP contribution is -2.34. The van der Waals surface area contributed by atoms with Crippen molar-refractivity contribution in [2.45, 2.75) is 19.0 Å².